The number of carbonyl (C=O) groups excluding carboxylic acids is 2. The molecule has 0 aliphatic rings. The fourth-order valence-corrected chi connectivity index (χ4v) is 1.67. The maximum absolute atomic E-state index is 11.7. The van der Waals surface area contributed by atoms with E-state index in [4.69, 9.17) is 4.74 Å². The van der Waals surface area contributed by atoms with E-state index in [-0.39, 0.29) is 18.4 Å². The number of hydrogen-bond donors (Lipinski definition) is 0. The molecule has 1 rings (SSSR count). The van der Waals surface area contributed by atoms with E-state index < -0.39 is 21.5 Å². The third kappa shape index (κ3) is 8.10. The average Bonchev–Trinajstić information content (AvgIpc) is 2.39. The average molecular weight is 366 g/mol. The van der Waals surface area contributed by atoms with Crippen molar-refractivity contribution in [3.63, 3.8) is 0 Å². The van der Waals surface area contributed by atoms with Crippen LogP contribution < -0.4 is 0 Å². The van der Waals surface area contributed by atoms with Gasteiger partial charge in [0.2, 0.25) is 0 Å². The summed E-state index contributed by atoms with van der Waals surface area (Å²) >= 11 is -1.19. The minimum atomic E-state index is -1.19. The fourth-order valence-electron chi connectivity index (χ4n) is 1.67. The molecule has 0 saturated heterocycles. The normalized spacial score (nSPS) is 10.5. The summed E-state index contributed by atoms with van der Waals surface area (Å²) in [4.78, 5) is 23.1. The zero-order valence-electron chi connectivity index (χ0n) is 13.1. The summed E-state index contributed by atoms with van der Waals surface area (Å²) < 4.78 is 29.0. The number of hydrogen-bond acceptors (Lipinski definition) is 4. The zero-order chi connectivity index (χ0) is 17.3. The summed E-state index contributed by atoms with van der Waals surface area (Å²) in [5.41, 5.74) is 1.71. The number of halogens is 2. The van der Waals surface area contributed by atoms with Crippen LogP contribution in [0.2, 0.25) is 0 Å². The monoisotopic (exact) mass is 365 g/mol. The first-order chi connectivity index (χ1) is 10.1. The van der Waals surface area contributed by atoms with Crippen LogP contribution in [0.4, 0.5) is 7.10 Å². The molecule has 4 nitrogen and oxygen atoms in total. The van der Waals surface area contributed by atoms with E-state index in [0.717, 1.165) is 11.1 Å². The molecule has 0 N–H and O–H groups in total. The Labute approximate surface area is 136 Å². The molecule has 129 valence electrons. The summed E-state index contributed by atoms with van der Waals surface area (Å²) in [5, 5.41) is 0. The van der Waals surface area contributed by atoms with Crippen LogP contribution in [-0.2, 0) is 36.6 Å². The van der Waals surface area contributed by atoms with Gasteiger partial charge >= 0.3 is 34.9 Å². The van der Waals surface area contributed by atoms with Crippen molar-refractivity contribution in [2.45, 2.75) is 39.7 Å². The van der Waals surface area contributed by atoms with Gasteiger partial charge in [0, 0.05) is 0 Å². The molecule has 0 bridgehead atoms. The van der Waals surface area contributed by atoms with Crippen molar-refractivity contribution in [1.29, 1.82) is 0 Å². The first kappa shape index (κ1) is 20.5. The van der Waals surface area contributed by atoms with Gasteiger partial charge in [-0.25, -0.2) is 4.79 Å². The number of benzene rings is 1. The topological polar surface area (TPSA) is 52.6 Å². The molecule has 0 radical (unpaired) electrons. The predicted molar refractivity (Wildman–Crippen MR) is 74.3 cm³/mol. The van der Waals surface area contributed by atoms with E-state index in [2.05, 4.69) is 4.74 Å². The maximum atomic E-state index is 11.7. The van der Waals surface area contributed by atoms with Crippen molar-refractivity contribution in [3.8, 4) is 0 Å². The van der Waals surface area contributed by atoms with Gasteiger partial charge in [-0.15, -0.1) is 0 Å². The van der Waals surface area contributed by atoms with E-state index in [1.54, 1.807) is 18.2 Å². The van der Waals surface area contributed by atoms with E-state index >= 15 is 0 Å². The molecule has 0 amide bonds. The summed E-state index contributed by atoms with van der Waals surface area (Å²) in [7, 11) is 1.34. The molecule has 7 heteroatoms. The van der Waals surface area contributed by atoms with Crippen molar-refractivity contribution >= 4 is 11.9 Å². The fraction of sp³-hybridized carbons (Fsp3) is 0.467. The third-order valence-electron chi connectivity index (χ3n) is 2.52. The van der Waals surface area contributed by atoms with Crippen molar-refractivity contribution in [3.05, 3.63) is 34.9 Å². The quantitative estimate of drug-likeness (QED) is 0.607. The molecule has 0 aliphatic carbocycles. The van der Waals surface area contributed by atoms with Crippen LogP contribution in [0.25, 0.3) is 0 Å². The molecule has 0 saturated carbocycles. The standard InChI is InChI=1S/C15H20O4.Cu.2FH/c1-10-8-12(14(17)18-5)7-6-11(10)9-13(16)19-15(2,3)4;;;/h6-8H,9H2,1-5H3;;2*1H/q;+2;;/p-2. The van der Waals surface area contributed by atoms with Gasteiger partial charge in [-0.3, -0.25) is 4.79 Å². The van der Waals surface area contributed by atoms with Gasteiger partial charge in [0.05, 0.1) is 19.1 Å². The van der Waals surface area contributed by atoms with Crippen LogP contribution in [0, 0.1) is 6.92 Å². The number of methoxy groups -OCH3 is 1. The van der Waals surface area contributed by atoms with Crippen LogP contribution in [0.5, 0.6) is 0 Å². The Hall–Kier alpha value is -1.46. The Morgan fingerprint density at radius 3 is 2.18 bits per heavy atom. The van der Waals surface area contributed by atoms with Crippen LogP contribution in [0.1, 0.15) is 42.3 Å². The molecule has 22 heavy (non-hydrogen) atoms. The number of rotatable bonds is 3. The number of aryl methyl sites for hydroxylation is 1. The molecule has 0 fully saturated rings. The predicted octanol–water partition coefficient (Wildman–Crippen LogP) is 3.50. The van der Waals surface area contributed by atoms with E-state index in [0.29, 0.717) is 5.56 Å². The van der Waals surface area contributed by atoms with Gasteiger partial charge in [0.1, 0.15) is 5.60 Å². The van der Waals surface area contributed by atoms with E-state index in [9.17, 15) is 16.7 Å². The van der Waals surface area contributed by atoms with Crippen molar-refractivity contribution in [2.24, 2.45) is 0 Å². The van der Waals surface area contributed by atoms with Crippen LogP contribution in [0.3, 0.4) is 0 Å². The van der Waals surface area contributed by atoms with Gasteiger partial charge in [-0.2, -0.15) is 0 Å². The second-order valence-corrected chi connectivity index (χ2v) is 5.57. The molecule has 1 aromatic rings. The summed E-state index contributed by atoms with van der Waals surface area (Å²) in [6.45, 7) is 7.35. The van der Waals surface area contributed by atoms with Crippen molar-refractivity contribution < 1.29 is 42.0 Å². The van der Waals surface area contributed by atoms with Gasteiger partial charge in [0.15, 0.2) is 0 Å². The molecule has 0 spiro atoms. The van der Waals surface area contributed by atoms with Gasteiger partial charge in [-0.1, -0.05) is 6.07 Å². The van der Waals surface area contributed by atoms with Crippen LogP contribution >= 0.6 is 0 Å². The second kappa shape index (κ2) is 9.54. The summed E-state index contributed by atoms with van der Waals surface area (Å²) in [6.07, 6.45) is 0.199. The van der Waals surface area contributed by atoms with Crippen molar-refractivity contribution in [1.82, 2.24) is 0 Å². The third-order valence-corrected chi connectivity index (χ3v) is 2.52. The second-order valence-electron chi connectivity index (χ2n) is 5.44. The number of esters is 2. The molecular formula is C15H20CuF2O4. The molecule has 0 heterocycles. The Kier molecular flexibility index (Phi) is 8.90. The van der Waals surface area contributed by atoms with Crippen LogP contribution in [-0.4, -0.2) is 24.6 Å². The summed E-state index contributed by atoms with van der Waals surface area (Å²) in [5.74, 6) is -0.659. The molecule has 0 aliphatic heterocycles. The Balaban J connectivity index is 0.00000135. The number of carbonyl (C=O) groups is 2. The first-order valence-electron chi connectivity index (χ1n) is 6.35. The molecular weight excluding hydrogens is 346 g/mol. The van der Waals surface area contributed by atoms with Gasteiger partial charge in [-0.05, 0) is 51.0 Å². The van der Waals surface area contributed by atoms with E-state index in [1.165, 1.54) is 7.11 Å². The molecule has 0 unspecified atom stereocenters. The zero-order valence-corrected chi connectivity index (χ0v) is 14.1. The Bertz CT molecular complexity index is 513. The summed E-state index contributed by atoms with van der Waals surface area (Å²) in [6, 6.07) is 5.12. The number of ether oxygens (including phenoxy) is 2. The SMILES string of the molecule is COC(=O)c1ccc(CC(=O)OC(C)(C)C)c(C)c1.[F][Cu][F]. The first-order valence-corrected chi connectivity index (χ1v) is 7.06. The molecule has 1 aromatic carbocycles. The van der Waals surface area contributed by atoms with Crippen LogP contribution in [0.15, 0.2) is 18.2 Å². The molecule has 0 aromatic heterocycles. The van der Waals surface area contributed by atoms with E-state index in [1.807, 2.05) is 27.7 Å². The molecule has 0 atom stereocenters. The Morgan fingerprint density at radius 2 is 1.77 bits per heavy atom. The minimum absolute atomic E-state index is 0.199. The van der Waals surface area contributed by atoms with Gasteiger partial charge in [0.25, 0.3) is 0 Å². The van der Waals surface area contributed by atoms with Crippen molar-refractivity contribution in [2.75, 3.05) is 7.11 Å². The Morgan fingerprint density at radius 1 is 1.23 bits per heavy atom. The van der Waals surface area contributed by atoms with Gasteiger partial charge < -0.3 is 9.47 Å².